The van der Waals surface area contributed by atoms with Crippen LogP contribution in [0.15, 0.2) is 0 Å². The molecule has 1 aliphatic heterocycles. The Bertz CT molecular complexity index is 149. The third kappa shape index (κ3) is 1.91. The molecule has 11 heavy (non-hydrogen) atoms. The van der Waals surface area contributed by atoms with Gasteiger partial charge in [-0.2, -0.15) is 0 Å². The van der Waals surface area contributed by atoms with Crippen molar-refractivity contribution in [3.05, 3.63) is 0 Å². The SMILES string of the molecule is COC(=O)[C@@H]1CCNC[C@H]1N. The number of methoxy groups -OCH3 is 1. The molecule has 2 atom stereocenters. The molecule has 0 amide bonds. The van der Waals surface area contributed by atoms with Crippen LogP contribution in [-0.2, 0) is 9.53 Å². The van der Waals surface area contributed by atoms with Crippen molar-refractivity contribution in [3.8, 4) is 0 Å². The maximum Gasteiger partial charge on any atom is 0.310 e. The van der Waals surface area contributed by atoms with Gasteiger partial charge < -0.3 is 15.8 Å². The fourth-order valence-electron chi connectivity index (χ4n) is 1.33. The molecule has 0 aromatic rings. The van der Waals surface area contributed by atoms with Crippen LogP contribution < -0.4 is 11.1 Å². The van der Waals surface area contributed by atoms with Crippen LogP contribution in [0.2, 0.25) is 0 Å². The standard InChI is InChI=1S/C7H14N2O2/c1-11-7(10)5-2-3-9-4-6(5)8/h5-6,9H,2-4,8H2,1H3/t5-,6-/m1/s1. The molecule has 0 unspecified atom stereocenters. The lowest BCUT2D eigenvalue weighted by Gasteiger charge is -2.26. The molecule has 0 bridgehead atoms. The van der Waals surface area contributed by atoms with Gasteiger partial charge in [0.1, 0.15) is 0 Å². The highest BCUT2D eigenvalue weighted by Crippen LogP contribution is 2.11. The third-order valence-electron chi connectivity index (χ3n) is 2.03. The highest BCUT2D eigenvalue weighted by atomic mass is 16.5. The Labute approximate surface area is 66.1 Å². The summed E-state index contributed by atoms with van der Waals surface area (Å²) >= 11 is 0. The topological polar surface area (TPSA) is 64.3 Å². The van der Waals surface area contributed by atoms with Crippen molar-refractivity contribution in [1.29, 1.82) is 0 Å². The van der Waals surface area contributed by atoms with Crippen molar-refractivity contribution in [2.24, 2.45) is 11.7 Å². The minimum atomic E-state index is -0.181. The van der Waals surface area contributed by atoms with E-state index in [9.17, 15) is 4.79 Å². The number of hydrogen-bond donors (Lipinski definition) is 2. The maximum absolute atomic E-state index is 11.0. The summed E-state index contributed by atoms with van der Waals surface area (Å²) in [5.41, 5.74) is 5.69. The van der Waals surface area contributed by atoms with E-state index in [0.29, 0.717) is 6.54 Å². The van der Waals surface area contributed by atoms with E-state index >= 15 is 0 Å². The van der Waals surface area contributed by atoms with E-state index in [1.54, 1.807) is 0 Å². The highest BCUT2D eigenvalue weighted by Gasteiger charge is 2.28. The first kappa shape index (κ1) is 8.49. The molecule has 0 aliphatic carbocycles. The van der Waals surface area contributed by atoms with E-state index < -0.39 is 0 Å². The zero-order valence-electron chi connectivity index (χ0n) is 6.67. The normalized spacial score (nSPS) is 31.5. The molecular weight excluding hydrogens is 144 g/mol. The molecule has 4 nitrogen and oxygen atoms in total. The second-order valence-corrected chi connectivity index (χ2v) is 2.79. The first-order chi connectivity index (χ1) is 5.25. The summed E-state index contributed by atoms with van der Waals surface area (Å²) in [6.45, 7) is 1.56. The lowest BCUT2D eigenvalue weighted by molar-refractivity contribution is -0.146. The second-order valence-electron chi connectivity index (χ2n) is 2.79. The van der Waals surface area contributed by atoms with Gasteiger partial charge in [-0.3, -0.25) is 4.79 Å². The number of carbonyl (C=O) groups excluding carboxylic acids is 1. The second kappa shape index (κ2) is 3.69. The van der Waals surface area contributed by atoms with E-state index in [0.717, 1.165) is 13.0 Å². The van der Waals surface area contributed by atoms with Gasteiger partial charge in [-0.15, -0.1) is 0 Å². The molecule has 0 spiro atoms. The van der Waals surface area contributed by atoms with Crippen LogP contribution >= 0.6 is 0 Å². The van der Waals surface area contributed by atoms with Crippen molar-refractivity contribution < 1.29 is 9.53 Å². The van der Waals surface area contributed by atoms with Crippen molar-refractivity contribution >= 4 is 5.97 Å². The number of rotatable bonds is 1. The van der Waals surface area contributed by atoms with Crippen molar-refractivity contribution in [2.45, 2.75) is 12.5 Å². The van der Waals surface area contributed by atoms with Gasteiger partial charge in [0.2, 0.25) is 0 Å². The Kier molecular flexibility index (Phi) is 2.84. The van der Waals surface area contributed by atoms with Crippen LogP contribution in [0.3, 0.4) is 0 Å². The Hall–Kier alpha value is -0.610. The van der Waals surface area contributed by atoms with Crippen molar-refractivity contribution in [2.75, 3.05) is 20.2 Å². The Morgan fingerprint density at radius 1 is 1.73 bits per heavy atom. The largest absolute Gasteiger partial charge is 0.469 e. The summed E-state index contributed by atoms with van der Waals surface area (Å²) in [5.74, 6) is -0.291. The molecule has 4 heteroatoms. The van der Waals surface area contributed by atoms with Crippen LogP contribution in [0.1, 0.15) is 6.42 Å². The van der Waals surface area contributed by atoms with E-state index in [1.165, 1.54) is 7.11 Å². The maximum atomic E-state index is 11.0. The molecule has 3 N–H and O–H groups in total. The lowest BCUT2D eigenvalue weighted by atomic mass is 9.94. The Morgan fingerprint density at radius 2 is 2.45 bits per heavy atom. The zero-order chi connectivity index (χ0) is 8.27. The van der Waals surface area contributed by atoms with Crippen molar-refractivity contribution in [1.82, 2.24) is 5.32 Å². The van der Waals surface area contributed by atoms with Gasteiger partial charge in [0.15, 0.2) is 0 Å². The van der Waals surface area contributed by atoms with E-state index in [4.69, 9.17) is 5.73 Å². The predicted molar refractivity (Wildman–Crippen MR) is 41.0 cm³/mol. The molecule has 0 saturated carbocycles. The molecule has 1 rings (SSSR count). The van der Waals surface area contributed by atoms with Crippen molar-refractivity contribution in [3.63, 3.8) is 0 Å². The fraction of sp³-hybridized carbons (Fsp3) is 0.857. The minimum Gasteiger partial charge on any atom is -0.469 e. The number of ether oxygens (including phenoxy) is 1. The summed E-state index contributed by atoms with van der Waals surface area (Å²) in [6, 6.07) is -0.0869. The Balaban J connectivity index is 2.47. The molecular formula is C7H14N2O2. The minimum absolute atomic E-state index is 0.0869. The molecule has 64 valence electrons. The lowest BCUT2D eigenvalue weighted by Crippen LogP contribution is -2.49. The van der Waals surface area contributed by atoms with Crippen LogP contribution in [0.25, 0.3) is 0 Å². The third-order valence-corrected chi connectivity index (χ3v) is 2.03. The average molecular weight is 158 g/mol. The van der Waals surface area contributed by atoms with Crippen LogP contribution in [0.5, 0.6) is 0 Å². The van der Waals surface area contributed by atoms with Gasteiger partial charge in [0.05, 0.1) is 13.0 Å². The van der Waals surface area contributed by atoms with Crippen LogP contribution in [-0.4, -0.2) is 32.2 Å². The number of esters is 1. The number of carbonyl (C=O) groups is 1. The summed E-state index contributed by atoms with van der Waals surface area (Å²) < 4.78 is 4.61. The van der Waals surface area contributed by atoms with Crippen LogP contribution in [0.4, 0.5) is 0 Å². The van der Waals surface area contributed by atoms with Gasteiger partial charge >= 0.3 is 5.97 Å². The monoisotopic (exact) mass is 158 g/mol. The van der Waals surface area contributed by atoms with Crippen LogP contribution in [0, 0.1) is 5.92 Å². The molecule has 1 saturated heterocycles. The van der Waals surface area contributed by atoms with E-state index in [-0.39, 0.29) is 17.9 Å². The van der Waals surface area contributed by atoms with E-state index in [2.05, 4.69) is 10.1 Å². The van der Waals surface area contributed by atoms with Gasteiger partial charge in [-0.25, -0.2) is 0 Å². The number of nitrogens with two attached hydrogens (primary N) is 1. The number of piperidine rings is 1. The molecule has 0 aromatic heterocycles. The predicted octanol–water partition coefficient (Wildman–Crippen LogP) is -0.904. The quantitative estimate of drug-likeness (QED) is 0.485. The summed E-state index contributed by atoms with van der Waals surface area (Å²) in [7, 11) is 1.40. The molecule has 0 aromatic carbocycles. The van der Waals surface area contributed by atoms with Gasteiger partial charge in [-0.1, -0.05) is 0 Å². The van der Waals surface area contributed by atoms with Gasteiger partial charge in [0.25, 0.3) is 0 Å². The first-order valence-corrected chi connectivity index (χ1v) is 3.80. The summed E-state index contributed by atoms with van der Waals surface area (Å²) in [5, 5.41) is 3.11. The first-order valence-electron chi connectivity index (χ1n) is 3.80. The van der Waals surface area contributed by atoms with Gasteiger partial charge in [0, 0.05) is 12.6 Å². The number of nitrogens with one attached hydrogen (secondary N) is 1. The zero-order valence-corrected chi connectivity index (χ0v) is 6.67. The highest BCUT2D eigenvalue weighted by molar-refractivity contribution is 5.73. The Morgan fingerprint density at radius 3 is 3.00 bits per heavy atom. The van der Waals surface area contributed by atoms with Gasteiger partial charge in [-0.05, 0) is 13.0 Å². The molecule has 0 radical (unpaired) electrons. The number of hydrogen-bond acceptors (Lipinski definition) is 4. The average Bonchev–Trinajstić information content (AvgIpc) is 2.04. The molecule has 1 heterocycles. The fourth-order valence-corrected chi connectivity index (χ4v) is 1.33. The smallest absolute Gasteiger partial charge is 0.310 e. The van der Waals surface area contributed by atoms with E-state index in [1.807, 2.05) is 0 Å². The summed E-state index contributed by atoms with van der Waals surface area (Å²) in [6.07, 6.45) is 0.786. The summed E-state index contributed by atoms with van der Waals surface area (Å²) in [4.78, 5) is 11.0. The molecule has 1 aliphatic rings. The molecule has 1 fully saturated rings.